The third kappa shape index (κ3) is 5.30. The Morgan fingerprint density at radius 1 is 0.735 bits per heavy atom. The first-order valence-corrected chi connectivity index (χ1v) is 10.0. The summed E-state index contributed by atoms with van der Waals surface area (Å²) in [5, 5.41) is 1.54. The molecule has 0 aromatic carbocycles. The largest absolute Gasteiger partial charge is 0.520 e. The highest BCUT2D eigenvalue weighted by Gasteiger charge is 2.91. The van der Waals surface area contributed by atoms with Crippen LogP contribution < -0.4 is 5.32 Å². The lowest BCUT2D eigenvalue weighted by Gasteiger charge is -2.40. The first kappa shape index (κ1) is 32.4. The number of hydrogen-bond acceptors (Lipinski definition) is 5. The molecule has 21 heteroatoms. The van der Waals surface area contributed by atoms with Crippen LogP contribution in [-0.4, -0.2) is 91.0 Å². The first-order valence-electron chi connectivity index (χ1n) is 8.09. The zero-order chi connectivity index (χ0) is 27.6. The van der Waals surface area contributed by atoms with Crippen molar-refractivity contribution in [2.24, 2.45) is 0 Å². The van der Waals surface area contributed by atoms with Crippen LogP contribution in [0.3, 0.4) is 0 Å². The summed E-state index contributed by atoms with van der Waals surface area (Å²) in [4.78, 5) is 11.3. The van der Waals surface area contributed by atoms with Crippen LogP contribution in [0.5, 0.6) is 0 Å². The van der Waals surface area contributed by atoms with Crippen LogP contribution in [0.1, 0.15) is 0 Å². The average molecular weight is 559 g/mol. The Morgan fingerprint density at radius 3 is 1.47 bits per heavy atom. The molecule has 0 aliphatic rings. The molecule has 0 unspecified atom stereocenters. The van der Waals surface area contributed by atoms with Gasteiger partial charge in [0.25, 0.3) is 0 Å². The standard InChI is InChI=1S/C13H15F14NO5Si/c1-30-34(31-2,32-3)5-28-7(29)33-4-8(16,17)10(20,21)12(24,25)13(26,27)11(22,23)9(18,19)6(14)15/h6H,4-5H2,1-3H3,(H,28,29). The smallest absolute Gasteiger partial charge is 0.443 e. The van der Waals surface area contributed by atoms with Crippen LogP contribution in [0.25, 0.3) is 0 Å². The molecule has 204 valence electrons. The molecule has 0 aromatic rings. The number of rotatable bonds is 13. The van der Waals surface area contributed by atoms with Gasteiger partial charge in [0.2, 0.25) is 0 Å². The fourth-order valence-corrected chi connectivity index (χ4v) is 3.21. The van der Waals surface area contributed by atoms with Gasteiger partial charge in [-0.05, 0) is 0 Å². The highest BCUT2D eigenvalue weighted by atomic mass is 28.4. The molecule has 0 radical (unpaired) electrons. The highest BCUT2D eigenvalue weighted by molar-refractivity contribution is 6.61. The summed E-state index contributed by atoms with van der Waals surface area (Å²) in [7, 11) is -0.729. The molecule has 0 saturated heterocycles. The van der Waals surface area contributed by atoms with E-state index in [0.717, 1.165) is 21.3 Å². The fraction of sp³-hybridized carbons (Fsp3) is 0.923. The van der Waals surface area contributed by atoms with Gasteiger partial charge in [-0.25, -0.2) is 13.6 Å². The van der Waals surface area contributed by atoms with E-state index in [9.17, 15) is 66.3 Å². The van der Waals surface area contributed by atoms with E-state index >= 15 is 0 Å². The molecule has 6 nitrogen and oxygen atoms in total. The van der Waals surface area contributed by atoms with Crippen molar-refractivity contribution < 1.29 is 84.3 Å². The van der Waals surface area contributed by atoms with Gasteiger partial charge < -0.3 is 23.3 Å². The van der Waals surface area contributed by atoms with Gasteiger partial charge in [0.1, 0.15) is 0 Å². The summed E-state index contributed by atoms with van der Waals surface area (Å²) in [6.07, 6.45) is -8.70. The van der Waals surface area contributed by atoms with Gasteiger partial charge in [-0.2, -0.15) is 52.7 Å². The minimum atomic E-state index is -8.16. The molecule has 0 aromatic heterocycles. The molecule has 0 saturated carbocycles. The number of carbonyl (C=O) groups excluding carboxylic acids is 1. The van der Waals surface area contributed by atoms with Gasteiger partial charge in [-0.3, -0.25) is 0 Å². The molecule has 0 atom stereocenters. The molecule has 1 amide bonds. The van der Waals surface area contributed by atoms with E-state index < -0.39 is 69.6 Å². The monoisotopic (exact) mass is 559 g/mol. The third-order valence-corrected chi connectivity index (χ3v) is 6.58. The quantitative estimate of drug-likeness (QED) is 0.271. The summed E-state index contributed by atoms with van der Waals surface area (Å²) in [5.41, 5.74) is 0. The summed E-state index contributed by atoms with van der Waals surface area (Å²) < 4.78 is 201. The van der Waals surface area contributed by atoms with Crippen LogP contribution in [0.15, 0.2) is 0 Å². The van der Waals surface area contributed by atoms with Crippen LogP contribution in [0, 0.1) is 0 Å². The van der Waals surface area contributed by atoms with Crippen molar-refractivity contribution in [3.8, 4) is 0 Å². The number of amides is 1. The first-order chi connectivity index (χ1) is 15.0. The van der Waals surface area contributed by atoms with Crippen molar-refractivity contribution in [3.05, 3.63) is 0 Å². The van der Waals surface area contributed by atoms with Crippen LogP contribution in [-0.2, 0) is 18.0 Å². The highest BCUT2D eigenvalue weighted by Crippen LogP contribution is 2.60. The maximum Gasteiger partial charge on any atom is 0.520 e. The topological polar surface area (TPSA) is 66.0 Å². The number of ether oxygens (including phenoxy) is 1. The molecule has 0 aliphatic heterocycles. The SMILES string of the molecule is CO[Si](CNC(=O)OCC(F)(F)C(F)(F)C(F)(F)C(F)(F)C(F)(F)C(F)(F)C(F)F)(OC)OC. The van der Waals surface area contributed by atoms with E-state index in [0.29, 0.717) is 0 Å². The van der Waals surface area contributed by atoms with Crippen molar-refractivity contribution in [1.82, 2.24) is 5.32 Å². The minimum absolute atomic E-state index is 0.805. The summed E-state index contributed by atoms with van der Waals surface area (Å²) in [5.74, 6) is -45.8. The Kier molecular flexibility index (Phi) is 9.69. The van der Waals surface area contributed by atoms with E-state index in [1.54, 1.807) is 0 Å². The van der Waals surface area contributed by atoms with E-state index in [1.807, 2.05) is 0 Å². The van der Waals surface area contributed by atoms with Gasteiger partial charge >= 0.3 is 56.9 Å². The molecule has 0 rings (SSSR count). The Labute approximate surface area is 181 Å². The lowest BCUT2D eigenvalue weighted by Crippen LogP contribution is -2.72. The van der Waals surface area contributed by atoms with Crippen molar-refractivity contribution in [1.29, 1.82) is 0 Å². The lowest BCUT2D eigenvalue weighted by atomic mass is 9.91. The Bertz CT molecular complexity index is 695. The number of carbonyl (C=O) groups is 1. The molecule has 0 aliphatic carbocycles. The molecule has 34 heavy (non-hydrogen) atoms. The number of hydrogen-bond donors (Lipinski definition) is 1. The molecule has 0 fully saturated rings. The number of halogens is 14. The normalized spacial score (nSPS) is 15.0. The summed E-state index contributed by atoms with van der Waals surface area (Å²) >= 11 is 0. The zero-order valence-corrected chi connectivity index (χ0v) is 17.8. The van der Waals surface area contributed by atoms with Crippen LogP contribution >= 0.6 is 0 Å². The molecule has 0 heterocycles. The Hall–Kier alpha value is -1.61. The second kappa shape index (κ2) is 10.2. The maximum atomic E-state index is 13.6. The van der Waals surface area contributed by atoms with E-state index in [2.05, 4.69) is 4.74 Å². The van der Waals surface area contributed by atoms with Gasteiger partial charge in [-0.1, -0.05) is 0 Å². The van der Waals surface area contributed by atoms with E-state index in [-0.39, 0.29) is 0 Å². The average Bonchev–Trinajstić information content (AvgIpc) is 2.72. The van der Waals surface area contributed by atoms with E-state index in [1.165, 1.54) is 5.32 Å². The Morgan fingerprint density at radius 2 is 1.12 bits per heavy atom. The van der Waals surface area contributed by atoms with Crippen molar-refractivity contribution in [2.45, 2.75) is 42.0 Å². The second-order valence-electron chi connectivity index (χ2n) is 6.15. The van der Waals surface area contributed by atoms with Gasteiger partial charge in [0.15, 0.2) is 6.61 Å². The maximum absolute atomic E-state index is 13.6. The third-order valence-electron chi connectivity index (χ3n) is 4.10. The number of nitrogens with one attached hydrogen (secondary N) is 1. The lowest BCUT2D eigenvalue weighted by molar-refractivity contribution is -0.433. The number of alkyl halides is 14. The van der Waals surface area contributed by atoms with Crippen molar-refractivity contribution in [2.75, 3.05) is 34.1 Å². The summed E-state index contributed by atoms with van der Waals surface area (Å²) in [6, 6.07) is 0. The Balaban J connectivity index is 5.79. The molecular weight excluding hydrogens is 544 g/mol. The second-order valence-corrected chi connectivity index (χ2v) is 9.10. The minimum Gasteiger partial charge on any atom is -0.443 e. The molecule has 0 spiro atoms. The van der Waals surface area contributed by atoms with Crippen molar-refractivity contribution in [3.63, 3.8) is 0 Å². The van der Waals surface area contributed by atoms with Gasteiger partial charge in [0.05, 0.1) is 6.17 Å². The van der Waals surface area contributed by atoms with Gasteiger partial charge in [-0.15, -0.1) is 0 Å². The van der Waals surface area contributed by atoms with E-state index in [4.69, 9.17) is 13.3 Å². The predicted octanol–water partition coefficient (Wildman–Crippen LogP) is 4.21. The number of alkyl carbamates (subject to hydrolysis) is 1. The van der Waals surface area contributed by atoms with Crippen LogP contribution in [0.2, 0.25) is 0 Å². The predicted molar refractivity (Wildman–Crippen MR) is 81.8 cm³/mol. The summed E-state index contributed by atoms with van der Waals surface area (Å²) in [6.45, 7) is -3.18. The molecule has 0 bridgehead atoms. The zero-order valence-electron chi connectivity index (χ0n) is 16.8. The fourth-order valence-electron chi connectivity index (χ4n) is 1.92. The van der Waals surface area contributed by atoms with Crippen molar-refractivity contribution >= 4 is 14.9 Å². The molecular formula is C13H15F14NO5Si. The van der Waals surface area contributed by atoms with Crippen LogP contribution in [0.4, 0.5) is 66.3 Å². The van der Waals surface area contributed by atoms with Gasteiger partial charge in [0, 0.05) is 21.3 Å². The molecule has 1 N–H and O–H groups in total.